The summed E-state index contributed by atoms with van der Waals surface area (Å²) in [7, 11) is 1.97. The van der Waals surface area contributed by atoms with Crippen molar-refractivity contribution in [2.24, 2.45) is 0 Å². The molecule has 7 heteroatoms. The van der Waals surface area contributed by atoms with Crippen LogP contribution >= 0.6 is 11.6 Å². The van der Waals surface area contributed by atoms with Crippen LogP contribution in [0.5, 0.6) is 0 Å². The van der Waals surface area contributed by atoms with Gasteiger partial charge in [-0.05, 0) is 49.4 Å². The van der Waals surface area contributed by atoms with Crippen LogP contribution in [0, 0.1) is 0 Å². The molecule has 2 N–H and O–H groups in total. The van der Waals surface area contributed by atoms with Gasteiger partial charge in [0.25, 0.3) is 0 Å². The number of hydrogen-bond acceptors (Lipinski definition) is 3. The highest BCUT2D eigenvalue weighted by Crippen LogP contribution is 2.15. The molecule has 0 bridgehead atoms. The van der Waals surface area contributed by atoms with Gasteiger partial charge in [-0.2, -0.15) is 0 Å². The molecule has 148 valence electrons. The van der Waals surface area contributed by atoms with E-state index < -0.39 is 0 Å². The molecule has 0 radical (unpaired) electrons. The number of carbonyl (C=O) groups excluding carboxylic acids is 2. The number of rotatable bonds is 5. The van der Waals surface area contributed by atoms with E-state index in [0.717, 1.165) is 24.2 Å². The monoisotopic (exact) mass is 400 g/mol. The van der Waals surface area contributed by atoms with E-state index in [2.05, 4.69) is 15.5 Å². The van der Waals surface area contributed by atoms with Gasteiger partial charge in [-0.25, -0.2) is 4.79 Å². The SMILES string of the molecule is C[C@H]1C(=O)N(Cc2ccc(NC(=O)NCc3ccc(Cl)cc3)cc2)CCN1C. The minimum atomic E-state index is -0.272. The van der Waals surface area contributed by atoms with Crippen molar-refractivity contribution < 1.29 is 9.59 Å². The minimum Gasteiger partial charge on any atom is -0.336 e. The molecule has 6 nitrogen and oxygen atoms in total. The van der Waals surface area contributed by atoms with E-state index in [1.54, 1.807) is 12.1 Å². The lowest BCUT2D eigenvalue weighted by Crippen LogP contribution is -2.53. The molecular weight excluding hydrogens is 376 g/mol. The molecule has 1 heterocycles. The summed E-state index contributed by atoms with van der Waals surface area (Å²) >= 11 is 5.85. The number of nitrogens with zero attached hydrogens (tertiary/aromatic N) is 2. The molecule has 1 fully saturated rings. The highest BCUT2D eigenvalue weighted by Gasteiger charge is 2.28. The van der Waals surface area contributed by atoms with Crippen LogP contribution in [0.25, 0.3) is 0 Å². The van der Waals surface area contributed by atoms with Crippen LogP contribution < -0.4 is 10.6 Å². The summed E-state index contributed by atoms with van der Waals surface area (Å²) in [5, 5.41) is 6.29. The first kappa shape index (κ1) is 20.2. The third-order valence-corrected chi connectivity index (χ3v) is 5.26. The van der Waals surface area contributed by atoms with Crippen LogP contribution in [0.15, 0.2) is 48.5 Å². The number of amides is 3. The molecule has 0 aliphatic carbocycles. The summed E-state index contributed by atoms with van der Waals surface area (Å²) in [6, 6.07) is 14.5. The van der Waals surface area contributed by atoms with Crippen molar-refractivity contribution in [2.75, 3.05) is 25.5 Å². The Bertz CT molecular complexity index is 823. The summed E-state index contributed by atoms with van der Waals surface area (Å²) in [6.07, 6.45) is 0. The van der Waals surface area contributed by atoms with Crippen molar-refractivity contribution in [3.05, 3.63) is 64.7 Å². The third kappa shape index (κ3) is 5.24. The summed E-state index contributed by atoms with van der Waals surface area (Å²) in [5.41, 5.74) is 2.72. The van der Waals surface area contributed by atoms with Crippen molar-refractivity contribution in [1.29, 1.82) is 0 Å². The van der Waals surface area contributed by atoms with E-state index in [4.69, 9.17) is 11.6 Å². The number of nitrogens with one attached hydrogen (secondary N) is 2. The van der Waals surface area contributed by atoms with Crippen molar-refractivity contribution in [1.82, 2.24) is 15.1 Å². The molecule has 0 aromatic heterocycles. The largest absolute Gasteiger partial charge is 0.336 e. The highest BCUT2D eigenvalue weighted by atomic mass is 35.5. The number of anilines is 1. The molecule has 0 unspecified atom stereocenters. The molecule has 1 aliphatic rings. The van der Waals surface area contributed by atoms with Gasteiger partial charge < -0.3 is 15.5 Å². The van der Waals surface area contributed by atoms with Gasteiger partial charge in [0.1, 0.15) is 0 Å². The highest BCUT2D eigenvalue weighted by molar-refractivity contribution is 6.30. The van der Waals surface area contributed by atoms with E-state index in [9.17, 15) is 9.59 Å². The number of carbonyl (C=O) groups is 2. The van der Waals surface area contributed by atoms with Gasteiger partial charge in [0, 0.05) is 36.9 Å². The lowest BCUT2D eigenvalue weighted by molar-refractivity contribution is -0.140. The molecular formula is C21H25ClN4O2. The fraction of sp³-hybridized carbons (Fsp3) is 0.333. The first-order chi connectivity index (χ1) is 13.4. The van der Waals surface area contributed by atoms with Gasteiger partial charge in [0.15, 0.2) is 0 Å². The number of likely N-dealkylation sites (N-methyl/N-ethyl adjacent to an activating group) is 1. The lowest BCUT2D eigenvalue weighted by Gasteiger charge is -2.37. The predicted octanol–water partition coefficient (Wildman–Crippen LogP) is 3.32. The molecule has 1 aliphatic heterocycles. The summed E-state index contributed by atoms with van der Waals surface area (Å²) in [6.45, 7) is 4.54. The molecule has 0 saturated carbocycles. The second-order valence-electron chi connectivity index (χ2n) is 7.05. The van der Waals surface area contributed by atoms with Gasteiger partial charge in [-0.1, -0.05) is 35.9 Å². The number of halogens is 1. The van der Waals surface area contributed by atoms with Gasteiger partial charge >= 0.3 is 6.03 Å². The number of benzene rings is 2. The number of hydrogen-bond donors (Lipinski definition) is 2. The minimum absolute atomic E-state index is 0.0842. The standard InChI is InChI=1S/C21H25ClN4O2/c1-15-20(27)26(12-11-25(15)2)14-17-5-9-19(10-6-17)24-21(28)23-13-16-3-7-18(22)8-4-16/h3-10,15H,11-14H2,1-2H3,(H2,23,24,28)/t15-/m0/s1. The molecule has 0 spiro atoms. The summed E-state index contributed by atoms with van der Waals surface area (Å²) in [5.74, 6) is 0.150. The Morgan fingerprint density at radius 2 is 1.71 bits per heavy atom. The average molecular weight is 401 g/mol. The number of piperazine rings is 1. The zero-order chi connectivity index (χ0) is 20.1. The molecule has 2 aromatic rings. The lowest BCUT2D eigenvalue weighted by atomic mass is 10.1. The molecule has 28 heavy (non-hydrogen) atoms. The van der Waals surface area contributed by atoms with Gasteiger partial charge in [0.05, 0.1) is 6.04 Å². The van der Waals surface area contributed by atoms with Crippen molar-refractivity contribution in [3.8, 4) is 0 Å². The van der Waals surface area contributed by atoms with Gasteiger partial charge in [-0.15, -0.1) is 0 Å². The Kier molecular flexibility index (Phi) is 6.54. The van der Waals surface area contributed by atoms with Gasteiger partial charge in [0.2, 0.25) is 5.91 Å². The second kappa shape index (κ2) is 9.08. The molecule has 1 saturated heterocycles. The van der Waals surface area contributed by atoms with E-state index in [1.807, 2.05) is 55.3 Å². The zero-order valence-electron chi connectivity index (χ0n) is 16.1. The van der Waals surface area contributed by atoms with Crippen molar-refractivity contribution >= 4 is 29.2 Å². The first-order valence-corrected chi connectivity index (χ1v) is 9.67. The van der Waals surface area contributed by atoms with Gasteiger partial charge in [-0.3, -0.25) is 9.69 Å². The quantitative estimate of drug-likeness (QED) is 0.809. The Balaban J connectivity index is 1.49. The van der Waals surface area contributed by atoms with E-state index >= 15 is 0 Å². The maximum absolute atomic E-state index is 12.4. The Hall–Kier alpha value is -2.57. The fourth-order valence-corrected chi connectivity index (χ4v) is 3.19. The van der Waals surface area contributed by atoms with E-state index in [1.165, 1.54) is 0 Å². The average Bonchev–Trinajstić information content (AvgIpc) is 2.69. The maximum Gasteiger partial charge on any atom is 0.319 e. The van der Waals surface area contributed by atoms with Crippen LogP contribution in [0.1, 0.15) is 18.1 Å². The second-order valence-corrected chi connectivity index (χ2v) is 7.48. The third-order valence-electron chi connectivity index (χ3n) is 5.00. The Morgan fingerprint density at radius 1 is 1.07 bits per heavy atom. The molecule has 3 amide bonds. The smallest absolute Gasteiger partial charge is 0.319 e. The fourth-order valence-electron chi connectivity index (χ4n) is 3.07. The molecule has 2 aromatic carbocycles. The van der Waals surface area contributed by atoms with Crippen molar-refractivity contribution in [2.45, 2.75) is 26.1 Å². The predicted molar refractivity (Wildman–Crippen MR) is 111 cm³/mol. The first-order valence-electron chi connectivity index (χ1n) is 9.29. The summed E-state index contributed by atoms with van der Waals surface area (Å²) in [4.78, 5) is 28.4. The molecule has 3 rings (SSSR count). The Labute approximate surface area is 170 Å². The van der Waals surface area contributed by atoms with Crippen LogP contribution in [-0.2, 0) is 17.9 Å². The normalized spacial score (nSPS) is 17.5. The molecule has 1 atom stereocenters. The van der Waals surface area contributed by atoms with Crippen LogP contribution in [-0.4, -0.2) is 47.9 Å². The summed E-state index contributed by atoms with van der Waals surface area (Å²) < 4.78 is 0. The van der Waals surface area contributed by atoms with Crippen LogP contribution in [0.2, 0.25) is 5.02 Å². The topological polar surface area (TPSA) is 64.7 Å². The maximum atomic E-state index is 12.4. The Morgan fingerprint density at radius 3 is 2.39 bits per heavy atom. The van der Waals surface area contributed by atoms with Crippen LogP contribution in [0.4, 0.5) is 10.5 Å². The van der Waals surface area contributed by atoms with Crippen molar-refractivity contribution in [3.63, 3.8) is 0 Å². The number of urea groups is 1. The van der Waals surface area contributed by atoms with E-state index in [0.29, 0.717) is 23.8 Å². The van der Waals surface area contributed by atoms with E-state index in [-0.39, 0.29) is 18.0 Å². The van der Waals surface area contributed by atoms with Crippen LogP contribution in [0.3, 0.4) is 0 Å². The zero-order valence-corrected chi connectivity index (χ0v) is 16.9.